The van der Waals surface area contributed by atoms with Crippen LogP contribution in [0.15, 0.2) is 36.7 Å². The first-order chi connectivity index (χ1) is 10.1. The zero-order chi connectivity index (χ0) is 15.0. The van der Waals surface area contributed by atoms with Gasteiger partial charge in [0, 0.05) is 23.5 Å². The van der Waals surface area contributed by atoms with Crippen molar-refractivity contribution in [2.45, 2.75) is 6.92 Å². The van der Waals surface area contributed by atoms with Crippen LogP contribution in [0.25, 0.3) is 5.65 Å². The van der Waals surface area contributed by atoms with E-state index < -0.39 is 0 Å². The highest BCUT2D eigenvalue weighted by atomic mass is 35.5. The summed E-state index contributed by atoms with van der Waals surface area (Å²) in [5.74, 6) is -0.308. The third-order valence-electron chi connectivity index (χ3n) is 2.98. The summed E-state index contributed by atoms with van der Waals surface area (Å²) in [4.78, 5) is 20.7. The molecule has 3 heterocycles. The molecule has 3 aromatic rings. The topological polar surface area (TPSA) is 59.3 Å². The standard InChI is InChI=1S/C14H10Cl2N4O/c1-8-12(20-6-4-9(15)7-11(20)18-8)14(21)19-10-3-2-5-17-13(10)16/h2-7H,1H3,(H,19,21). The van der Waals surface area contributed by atoms with E-state index in [-0.39, 0.29) is 11.1 Å². The number of anilines is 1. The predicted molar refractivity (Wildman–Crippen MR) is 82.1 cm³/mol. The fourth-order valence-corrected chi connectivity index (χ4v) is 2.39. The lowest BCUT2D eigenvalue weighted by molar-refractivity contribution is 0.102. The number of nitrogens with zero attached hydrogens (tertiary/aromatic N) is 3. The molecule has 1 N–H and O–H groups in total. The number of carbonyl (C=O) groups is 1. The van der Waals surface area contributed by atoms with Crippen LogP contribution in [0.5, 0.6) is 0 Å². The first-order valence-corrected chi connectivity index (χ1v) is 6.88. The number of hydrogen-bond acceptors (Lipinski definition) is 3. The molecule has 106 valence electrons. The summed E-state index contributed by atoms with van der Waals surface area (Å²) in [6.45, 7) is 1.76. The van der Waals surface area contributed by atoms with Crippen LogP contribution < -0.4 is 5.32 Å². The summed E-state index contributed by atoms with van der Waals surface area (Å²) in [5, 5.41) is 3.53. The number of rotatable bonds is 2. The molecule has 0 aromatic carbocycles. The van der Waals surface area contributed by atoms with E-state index in [9.17, 15) is 4.79 Å². The van der Waals surface area contributed by atoms with Crippen LogP contribution in [0.4, 0.5) is 5.69 Å². The SMILES string of the molecule is Cc1nc2cc(Cl)ccn2c1C(=O)Nc1cccnc1Cl. The zero-order valence-corrected chi connectivity index (χ0v) is 12.5. The van der Waals surface area contributed by atoms with Crippen molar-refractivity contribution in [3.63, 3.8) is 0 Å². The number of amides is 1. The molecule has 7 heteroatoms. The van der Waals surface area contributed by atoms with Gasteiger partial charge in [-0.2, -0.15) is 0 Å². The second-order valence-corrected chi connectivity index (χ2v) is 5.21. The lowest BCUT2D eigenvalue weighted by Gasteiger charge is -2.07. The Morgan fingerprint density at radius 1 is 1.33 bits per heavy atom. The van der Waals surface area contributed by atoms with Crippen molar-refractivity contribution in [3.05, 3.63) is 58.2 Å². The molecule has 0 saturated heterocycles. The van der Waals surface area contributed by atoms with E-state index in [1.54, 1.807) is 48.0 Å². The van der Waals surface area contributed by atoms with Gasteiger partial charge in [-0.25, -0.2) is 9.97 Å². The van der Waals surface area contributed by atoms with Crippen molar-refractivity contribution in [2.24, 2.45) is 0 Å². The number of hydrogen-bond donors (Lipinski definition) is 1. The lowest BCUT2D eigenvalue weighted by atomic mass is 10.3. The average molecular weight is 321 g/mol. The number of pyridine rings is 2. The minimum Gasteiger partial charge on any atom is -0.318 e. The maximum absolute atomic E-state index is 12.5. The van der Waals surface area contributed by atoms with Crippen molar-refractivity contribution < 1.29 is 4.79 Å². The number of aryl methyl sites for hydroxylation is 1. The number of fused-ring (bicyclic) bond motifs is 1. The highest BCUT2D eigenvalue weighted by molar-refractivity contribution is 6.32. The van der Waals surface area contributed by atoms with E-state index in [2.05, 4.69) is 15.3 Å². The Hall–Kier alpha value is -2.11. The maximum Gasteiger partial charge on any atom is 0.274 e. The molecule has 0 aliphatic rings. The molecular weight excluding hydrogens is 311 g/mol. The van der Waals surface area contributed by atoms with E-state index in [1.807, 2.05) is 0 Å². The van der Waals surface area contributed by atoms with Crippen LogP contribution in [0.3, 0.4) is 0 Å². The van der Waals surface area contributed by atoms with Gasteiger partial charge in [-0.1, -0.05) is 23.2 Å². The summed E-state index contributed by atoms with van der Waals surface area (Å²) >= 11 is 11.9. The van der Waals surface area contributed by atoms with Crippen LogP contribution in [-0.4, -0.2) is 20.3 Å². The van der Waals surface area contributed by atoms with Gasteiger partial charge in [-0.15, -0.1) is 0 Å². The summed E-state index contributed by atoms with van der Waals surface area (Å²) in [6.07, 6.45) is 3.26. The van der Waals surface area contributed by atoms with Gasteiger partial charge >= 0.3 is 0 Å². The molecule has 0 unspecified atom stereocenters. The fourth-order valence-electron chi connectivity index (χ4n) is 2.07. The Morgan fingerprint density at radius 3 is 2.90 bits per heavy atom. The highest BCUT2D eigenvalue weighted by Gasteiger charge is 2.17. The number of imidazole rings is 1. The molecular formula is C14H10Cl2N4O. The zero-order valence-electron chi connectivity index (χ0n) is 11.0. The quantitative estimate of drug-likeness (QED) is 0.734. The Kier molecular flexibility index (Phi) is 3.53. The molecule has 0 aliphatic heterocycles. The molecule has 0 atom stereocenters. The summed E-state index contributed by atoms with van der Waals surface area (Å²) in [6, 6.07) is 6.77. The van der Waals surface area contributed by atoms with Crippen molar-refractivity contribution in [2.75, 3.05) is 5.32 Å². The van der Waals surface area contributed by atoms with E-state index in [0.717, 1.165) is 0 Å². The van der Waals surface area contributed by atoms with Gasteiger partial charge < -0.3 is 5.32 Å². The second-order valence-electron chi connectivity index (χ2n) is 4.41. The minimum atomic E-state index is -0.308. The van der Waals surface area contributed by atoms with Gasteiger partial charge in [0.25, 0.3) is 5.91 Å². The number of aromatic nitrogens is 3. The Balaban J connectivity index is 2.02. The largest absolute Gasteiger partial charge is 0.318 e. The first-order valence-electron chi connectivity index (χ1n) is 6.12. The molecule has 0 fully saturated rings. The van der Waals surface area contributed by atoms with E-state index in [0.29, 0.717) is 27.7 Å². The van der Waals surface area contributed by atoms with Crippen molar-refractivity contribution >= 4 is 40.4 Å². The molecule has 0 spiro atoms. The van der Waals surface area contributed by atoms with E-state index >= 15 is 0 Å². The van der Waals surface area contributed by atoms with Gasteiger partial charge in [0.1, 0.15) is 11.3 Å². The molecule has 0 bridgehead atoms. The van der Waals surface area contributed by atoms with Gasteiger partial charge in [-0.05, 0) is 25.1 Å². The number of halogens is 2. The normalized spacial score (nSPS) is 10.8. The summed E-state index contributed by atoms with van der Waals surface area (Å²) in [7, 11) is 0. The molecule has 1 amide bonds. The Labute approximate surface area is 130 Å². The second kappa shape index (κ2) is 5.35. The number of nitrogens with one attached hydrogen (secondary N) is 1. The predicted octanol–water partition coefficient (Wildman–Crippen LogP) is 3.60. The van der Waals surface area contributed by atoms with Crippen LogP contribution in [0, 0.1) is 6.92 Å². The van der Waals surface area contributed by atoms with Crippen LogP contribution in [0.2, 0.25) is 10.2 Å². The van der Waals surface area contributed by atoms with Crippen LogP contribution >= 0.6 is 23.2 Å². The van der Waals surface area contributed by atoms with E-state index in [1.165, 1.54) is 0 Å². The van der Waals surface area contributed by atoms with Crippen molar-refractivity contribution in [1.29, 1.82) is 0 Å². The summed E-state index contributed by atoms with van der Waals surface area (Å²) < 4.78 is 1.68. The minimum absolute atomic E-state index is 0.236. The fraction of sp³-hybridized carbons (Fsp3) is 0.0714. The van der Waals surface area contributed by atoms with Gasteiger partial charge in [0.2, 0.25) is 0 Å². The first kappa shape index (κ1) is 13.9. The third kappa shape index (κ3) is 2.57. The smallest absolute Gasteiger partial charge is 0.274 e. The van der Waals surface area contributed by atoms with Gasteiger partial charge in [-0.3, -0.25) is 9.20 Å². The monoisotopic (exact) mass is 320 g/mol. The molecule has 0 aliphatic carbocycles. The summed E-state index contributed by atoms with van der Waals surface area (Å²) in [5.41, 5.74) is 2.10. The van der Waals surface area contributed by atoms with Crippen molar-refractivity contribution in [3.8, 4) is 0 Å². The van der Waals surface area contributed by atoms with Crippen LogP contribution in [0.1, 0.15) is 16.2 Å². The van der Waals surface area contributed by atoms with Gasteiger partial charge in [0.05, 0.1) is 11.4 Å². The third-order valence-corrected chi connectivity index (χ3v) is 3.52. The lowest BCUT2D eigenvalue weighted by Crippen LogP contribution is -2.16. The van der Waals surface area contributed by atoms with Gasteiger partial charge in [0.15, 0.2) is 5.15 Å². The van der Waals surface area contributed by atoms with Crippen molar-refractivity contribution in [1.82, 2.24) is 14.4 Å². The average Bonchev–Trinajstić information content (AvgIpc) is 2.76. The van der Waals surface area contributed by atoms with Crippen LogP contribution in [-0.2, 0) is 0 Å². The molecule has 0 radical (unpaired) electrons. The molecule has 3 rings (SSSR count). The Morgan fingerprint density at radius 2 is 2.14 bits per heavy atom. The molecule has 5 nitrogen and oxygen atoms in total. The molecule has 21 heavy (non-hydrogen) atoms. The molecule has 3 aromatic heterocycles. The highest BCUT2D eigenvalue weighted by Crippen LogP contribution is 2.21. The number of carbonyl (C=O) groups excluding carboxylic acids is 1. The molecule has 0 saturated carbocycles. The Bertz CT molecular complexity index is 844. The van der Waals surface area contributed by atoms with E-state index in [4.69, 9.17) is 23.2 Å². The maximum atomic E-state index is 12.5.